The van der Waals surface area contributed by atoms with Crippen molar-refractivity contribution >= 4 is 28.5 Å². The van der Waals surface area contributed by atoms with Crippen molar-refractivity contribution in [2.24, 2.45) is 0 Å². The van der Waals surface area contributed by atoms with E-state index in [9.17, 15) is 18.0 Å². The van der Waals surface area contributed by atoms with Gasteiger partial charge < -0.3 is 14.6 Å². The Morgan fingerprint density at radius 2 is 1.90 bits per heavy atom. The molecule has 1 aromatic heterocycles. The molecular formula is C21H17ClF3NO4. The third-order valence-corrected chi connectivity index (χ3v) is 4.63. The average Bonchev–Trinajstić information content (AvgIpc) is 2.70. The number of alkyl halides is 2. The van der Waals surface area contributed by atoms with Gasteiger partial charge in [0.05, 0.1) is 5.39 Å². The van der Waals surface area contributed by atoms with Gasteiger partial charge in [-0.25, -0.2) is 14.2 Å². The second kappa shape index (κ2) is 9.21. The highest BCUT2D eigenvalue weighted by molar-refractivity contribution is 6.30. The molecule has 2 aromatic carbocycles. The highest BCUT2D eigenvalue weighted by Crippen LogP contribution is 2.40. The summed E-state index contributed by atoms with van der Waals surface area (Å²) in [5.41, 5.74) is 1.23. The van der Waals surface area contributed by atoms with Gasteiger partial charge in [0.15, 0.2) is 6.61 Å². The Balaban J connectivity index is 2.27. The third-order valence-electron chi connectivity index (χ3n) is 4.37. The van der Waals surface area contributed by atoms with E-state index in [1.165, 1.54) is 0 Å². The van der Waals surface area contributed by atoms with Gasteiger partial charge in [0, 0.05) is 22.7 Å². The van der Waals surface area contributed by atoms with Gasteiger partial charge in [-0.1, -0.05) is 30.7 Å². The summed E-state index contributed by atoms with van der Waals surface area (Å²) in [6.45, 7) is -2.18. The maximum atomic E-state index is 14.5. The maximum Gasteiger partial charge on any atom is 0.387 e. The van der Waals surface area contributed by atoms with Gasteiger partial charge in [-0.05, 0) is 36.2 Å². The zero-order valence-electron chi connectivity index (χ0n) is 15.8. The van der Waals surface area contributed by atoms with E-state index in [4.69, 9.17) is 26.2 Å². The van der Waals surface area contributed by atoms with Crippen LogP contribution in [0.15, 0.2) is 36.4 Å². The number of carboxylic acids is 1. The fourth-order valence-electron chi connectivity index (χ4n) is 3.12. The Morgan fingerprint density at radius 3 is 2.50 bits per heavy atom. The van der Waals surface area contributed by atoms with Gasteiger partial charge in [0.2, 0.25) is 0 Å². The van der Waals surface area contributed by atoms with Crippen LogP contribution in [-0.4, -0.2) is 29.3 Å². The largest absolute Gasteiger partial charge is 0.481 e. The molecule has 0 bridgehead atoms. The second-order valence-corrected chi connectivity index (χ2v) is 6.79. The van der Waals surface area contributed by atoms with Crippen molar-refractivity contribution in [1.29, 1.82) is 0 Å². The number of nitrogens with zero attached hydrogens (tertiary/aromatic N) is 1. The van der Waals surface area contributed by atoms with E-state index in [1.54, 1.807) is 31.2 Å². The Morgan fingerprint density at radius 1 is 1.20 bits per heavy atom. The van der Waals surface area contributed by atoms with Crippen LogP contribution in [0.5, 0.6) is 11.5 Å². The summed E-state index contributed by atoms with van der Waals surface area (Å²) in [7, 11) is 0. The molecule has 0 aliphatic carbocycles. The number of rotatable bonds is 8. The van der Waals surface area contributed by atoms with Crippen LogP contribution in [-0.2, 0) is 17.6 Å². The number of carbonyl (C=O) groups is 1. The lowest BCUT2D eigenvalue weighted by molar-refractivity contribution is -0.139. The molecule has 3 rings (SSSR count). The van der Waals surface area contributed by atoms with E-state index in [2.05, 4.69) is 4.98 Å². The van der Waals surface area contributed by atoms with Gasteiger partial charge in [0.25, 0.3) is 0 Å². The number of aryl methyl sites for hydroxylation is 1. The molecule has 0 amide bonds. The van der Waals surface area contributed by atoms with Gasteiger partial charge in [-0.3, -0.25) is 0 Å². The molecule has 0 aliphatic heterocycles. The summed E-state index contributed by atoms with van der Waals surface area (Å²) < 4.78 is 51.1. The van der Waals surface area contributed by atoms with Gasteiger partial charge in [-0.2, -0.15) is 8.78 Å². The molecular weight excluding hydrogens is 423 g/mol. The van der Waals surface area contributed by atoms with Gasteiger partial charge in [0.1, 0.15) is 22.8 Å². The molecule has 5 nitrogen and oxygen atoms in total. The van der Waals surface area contributed by atoms with Crippen molar-refractivity contribution < 1.29 is 32.5 Å². The van der Waals surface area contributed by atoms with Crippen LogP contribution < -0.4 is 9.47 Å². The van der Waals surface area contributed by atoms with Crippen LogP contribution >= 0.6 is 11.6 Å². The fraction of sp³-hybridized carbons (Fsp3) is 0.238. The normalized spacial score (nSPS) is 11.1. The third kappa shape index (κ3) is 4.76. The second-order valence-electron chi connectivity index (χ2n) is 6.35. The van der Waals surface area contributed by atoms with Crippen molar-refractivity contribution in [3.8, 4) is 11.5 Å². The van der Waals surface area contributed by atoms with E-state index >= 15 is 0 Å². The van der Waals surface area contributed by atoms with Crippen LogP contribution in [0.1, 0.15) is 23.7 Å². The number of benzene rings is 2. The molecule has 0 unspecified atom stereocenters. The molecule has 0 atom stereocenters. The zero-order chi connectivity index (χ0) is 21.8. The first kappa shape index (κ1) is 21.7. The first-order chi connectivity index (χ1) is 14.3. The number of halogens is 4. The smallest absolute Gasteiger partial charge is 0.387 e. The maximum absolute atomic E-state index is 14.5. The first-order valence-corrected chi connectivity index (χ1v) is 9.35. The van der Waals surface area contributed by atoms with Crippen molar-refractivity contribution in [3.63, 3.8) is 0 Å². The number of fused-ring (bicyclic) bond motifs is 1. The topological polar surface area (TPSA) is 68.7 Å². The summed E-state index contributed by atoms with van der Waals surface area (Å²) in [4.78, 5) is 15.2. The number of ether oxygens (including phenoxy) is 2. The first-order valence-electron chi connectivity index (χ1n) is 8.98. The number of carboxylic acid groups (broad SMARTS) is 1. The summed E-state index contributed by atoms with van der Waals surface area (Å²) in [6, 6.07) is 8.98. The predicted octanol–water partition coefficient (Wildman–Crippen LogP) is 5.25. The standard InChI is InChI=1S/C21H17ClF3NO4/c1-2-15-13(9-11-3-5-12(22)6-4-11)20(30-21(24)25)18-16(29-10-17(27)28)8-7-14(23)19(18)26-15/h3-8,21H,2,9-10H2,1H3,(H,27,28). The number of pyridine rings is 1. The quantitative estimate of drug-likeness (QED) is 0.519. The molecule has 9 heteroatoms. The lowest BCUT2D eigenvalue weighted by atomic mass is 9.98. The number of hydrogen-bond donors (Lipinski definition) is 1. The lowest BCUT2D eigenvalue weighted by Crippen LogP contribution is -2.13. The predicted molar refractivity (Wildman–Crippen MR) is 105 cm³/mol. The van der Waals surface area contributed by atoms with Crippen molar-refractivity contribution in [2.45, 2.75) is 26.4 Å². The molecule has 30 heavy (non-hydrogen) atoms. The molecule has 158 valence electrons. The van der Waals surface area contributed by atoms with Crippen molar-refractivity contribution in [2.75, 3.05) is 6.61 Å². The van der Waals surface area contributed by atoms with Crippen LogP contribution in [0.25, 0.3) is 10.9 Å². The van der Waals surface area contributed by atoms with Crippen LogP contribution in [0.3, 0.4) is 0 Å². The van der Waals surface area contributed by atoms with Crippen LogP contribution in [0, 0.1) is 5.82 Å². The van der Waals surface area contributed by atoms with Gasteiger partial charge in [-0.15, -0.1) is 0 Å². The van der Waals surface area contributed by atoms with E-state index in [-0.39, 0.29) is 28.8 Å². The molecule has 0 saturated carbocycles. The summed E-state index contributed by atoms with van der Waals surface area (Å²) in [5.74, 6) is -2.44. The minimum Gasteiger partial charge on any atom is -0.481 e. The summed E-state index contributed by atoms with van der Waals surface area (Å²) in [5, 5.41) is 9.27. The van der Waals surface area contributed by atoms with Crippen molar-refractivity contribution in [1.82, 2.24) is 4.98 Å². The highest BCUT2D eigenvalue weighted by Gasteiger charge is 2.24. The van der Waals surface area contributed by atoms with E-state index in [0.29, 0.717) is 22.7 Å². The minimum atomic E-state index is -3.19. The van der Waals surface area contributed by atoms with Crippen molar-refractivity contribution in [3.05, 3.63) is 64.1 Å². The average molecular weight is 440 g/mol. The van der Waals surface area contributed by atoms with Gasteiger partial charge >= 0.3 is 12.6 Å². The zero-order valence-corrected chi connectivity index (χ0v) is 16.5. The van der Waals surface area contributed by atoms with Crippen LogP contribution in [0.2, 0.25) is 5.02 Å². The SMILES string of the molecule is CCc1nc2c(F)ccc(OCC(=O)O)c2c(OC(F)F)c1Cc1ccc(Cl)cc1. The molecule has 1 heterocycles. The minimum absolute atomic E-state index is 0.114. The fourth-order valence-corrected chi connectivity index (χ4v) is 3.25. The Hall–Kier alpha value is -3.00. The molecule has 0 aliphatic rings. The summed E-state index contributed by atoms with van der Waals surface area (Å²) in [6.07, 6.45) is 0.498. The molecule has 1 N–H and O–H groups in total. The van der Waals surface area contributed by atoms with E-state index in [1.807, 2.05) is 0 Å². The van der Waals surface area contributed by atoms with Crippen LogP contribution in [0.4, 0.5) is 13.2 Å². The Bertz CT molecular complexity index is 1070. The number of aliphatic carboxylic acids is 1. The Kier molecular flexibility index (Phi) is 6.66. The molecule has 0 radical (unpaired) electrons. The lowest BCUT2D eigenvalue weighted by Gasteiger charge is -2.19. The number of hydrogen-bond acceptors (Lipinski definition) is 4. The molecule has 0 spiro atoms. The molecule has 0 fully saturated rings. The number of aromatic nitrogens is 1. The molecule has 0 saturated heterocycles. The molecule has 3 aromatic rings. The van der Waals surface area contributed by atoms with E-state index in [0.717, 1.165) is 17.7 Å². The monoisotopic (exact) mass is 439 g/mol. The summed E-state index contributed by atoms with van der Waals surface area (Å²) >= 11 is 5.91. The Labute approximate surface area is 175 Å². The highest BCUT2D eigenvalue weighted by atomic mass is 35.5. The van der Waals surface area contributed by atoms with E-state index < -0.39 is 25.0 Å².